The van der Waals surface area contributed by atoms with E-state index in [1.807, 2.05) is 4.90 Å². The Balaban J connectivity index is 2.00. The topological polar surface area (TPSA) is 20.3 Å². The van der Waals surface area contributed by atoms with Crippen LogP contribution in [0.5, 0.6) is 0 Å². The molecule has 0 fully saturated rings. The number of aryl methyl sites for hydroxylation is 12. The molecular weight excluding hydrogens is 640 g/mol. The lowest BCUT2D eigenvalue weighted by Crippen LogP contribution is -2.60. The highest BCUT2D eigenvalue weighted by atomic mass is 16.2. The summed E-state index contributed by atoms with van der Waals surface area (Å²) in [4.78, 5) is 17.0. The minimum absolute atomic E-state index is 0.0599. The second kappa shape index (κ2) is 15.6. The maximum Gasteiger partial charge on any atom is 0.254 e. The van der Waals surface area contributed by atoms with Gasteiger partial charge >= 0.3 is 0 Å². The second-order valence-electron chi connectivity index (χ2n) is 16.9. The Bertz CT molecular complexity index is 1850. The Morgan fingerprint density at radius 2 is 0.623 bits per heavy atom. The van der Waals surface area contributed by atoms with Gasteiger partial charge in [0.2, 0.25) is 13.4 Å². The third-order valence-electron chi connectivity index (χ3n) is 11.3. The van der Waals surface area contributed by atoms with E-state index in [1.54, 1.807) is 0 Å². The Hall–Kier alpha value is -4.30. The molecule has 2 nitrogen and oxygen atoms in total. The predicted molar refractivity (Wildman–Crippen MR) is 235 cm³/mol. The molecule has 0 aliphatic heterocycles. The summed E-state index contributed by atoms with van der Waals surface area (Å²) in [6.07, 6.45) is 0. The molecule has 53 heavy (non-hydrogen) atoms. The van der Waals surface area contributed by atoms with Crippen LogP contribution in [-0.2, 0) is 0 Å². The molecular formula is C49H61B2NO. The van der Waals surface area contributed by atoms with Crippen LogP contribution in [-0.4, -0.2) is 36.3 Å². The number of hydrogen-bond donors (Lipinski definition) is 0. The van der Waals surface area contributed by atoms with Crippen molar-refractivity contribution in [3.63, 3.8) is 0 Å². The van der Waals surface area contributed by atoms with E-state index >= 15 is 0 Å². The molecule has 0 radical (unpaired) electrons. The van der Waals surface area contributed by atoms with Gasteiger partial charge < -0.3 is 4.90 Å². The van der Waals surface area contributed by atoms with Gasteiger partial charge in [-0.25, -0.2) is 0 Å². The Labute approximate surface area is 322 Å². The largest absolute Gasteiger partial charge is 0.334 e. The minimum Gasteiger partial charge on any atom is -0.334 e. The van der Waals surface area contributed by atoms with Gasteiger partial charge in [0, 0.05) is 17.6 Å². The van der Waals surface area contributed by atoms with Gasteiger partial charge in [0.25, 0.3) is 5.91 Å². The molecule has 4 heteroatoms. The van der Waals surface area contributed by atoms with Crippen LogP contribution in [0.25, 0.3) is 0 Å². The summed E-state index contributed by atoms with van der Waals surface area (Å²) < 4.78 is 0. The third-order valence-corrected chi connectivity index (χ3v) is 11.3. The lowest BCUT2D eigenvalue weighted by Gasteiger charge is -2.32. The van der Waals surface area contributed by atoms with Crippen LogP contribution >= 0.6 is 0 Å². The zero-order valence-corrected chi connectivity index (χ0v) is 35.5. The van der Waals surface area contributed by atoms with Crippen molar-refractivity contribution in [1.29, 1.82) is 0 Å². The molecule has 0 aromatic heterocycles. The first-order valence-corrected chi connectivity index (χ1v) is 19.6. The molecule has 5 aromatic rings. The number of nitrogens with zero attached hydrogens (tertiary/aromatic N) is 1. The first-order chi connectivity index (χ1) is 24.8. The van der Waals surface area contributed by atoms with Gasteiger partial charge in [-0.1, -0.05) is 166 Å². The fourth-order valence-corrected chi connectivity index (χ4v) is 9.89. The van der Waals surface area contributed by atoms with Gasteiger partial charge in [-0.3, -0.25) is 4.79 Å². The van der Waals surface area contributed by atoms with Crippen LogP contribution < -0.4 is 32.8 Å². The average molecular weight is 702 g/mol. The van der Waals surface area contributed by atoms with Gasteiger partial charge in [-0.05, 0) is 111 Å². The molecule has 5 rings (SSSR count). The Kier molecular flexibility index (Phi) is 11.7. The van der Waals surface area contributed by atoms with Crippen molar-refractivity contribution in [2.45, 2.75) is 123 Å². The van der Waals surface area contributed by atoms with Crippen molar-refractivity contribution >= 4 is 52.1 Å². The van der Waals surface area contributed by atoms with Crippen LogP contribution in [0.2, 0.25) is 0 Å². The van der Waals surface area contributed by atoms with Crippen molar-refractivity contribution in [1.82, 2.24) is 4.90 Å². The van der Waals surface area contributed by atoms with E-state index in [-0.39, 0.29) is 31.4 Å². The first-order valence-electron chi connectivity index (χ1n) is 19.6. The number of benzene rings is 5. The van der Waals surface area contributed by atoms with Crippen LogP contribution in [0.4, 0.5) is 0 Å². The number of amides is 1. The van der Waals surface area contributed by atoms with Crippen LogP contribution in [0, 0.1) is 83.1 Å². The fourth-order valence-electron chi connectivity index (χ4n) is 9.89. The lowest BCUT2D eigenvalue weighted by atomic mass is 9.31. The zero-order valence-electron chi connectivity index (χ0n) is 35.5. The smallest absolute Gasteiger partial charge is 0.254 e. The monoisotopic (exact) mass is 701 g/mol. The van der Waals surface area contributed by atoms with E-state index < -0.39 is 0 Å². The predicted octanol–water partition coefficient (Wildman–Crippen LogP) is 7.68. The van der Waals surface area contributed by atoms with Gasteiger partial charge in [0.05, 0.1) is 0 Å². The van der Waals surface area contributed by atoms with Crippen molar-refractivity contribution < 1.29 is 4.79 Å². The molecule has 274 valence electrons. The van der Waals surface area contributed by atoms with Crippen molar-refractivity contribution in [2.24, 2.45) is 0 Å². The van der Waals surface area contributed by atoms with Crippen LogP contribution in [0.15, 0.2) is 66.7 Å². The maximum absolute atomic E-state index is 15.0. The molecule has 0 bridgehead atoms. The quantitative estimate of drug-likeness (QED) is 0.145. The molecule has 0 aliphatic rings. The number of carbonyl (C=O) groups excluding carboxylic acids is 1. The molecule has 0 aliphatic carbocycles. The van der Waals surface area contributed by atoms with E-state index in [0.717, 1.165) is 5.56 Å². The average Bonchev–Trinajstić information content (AvgIpc) is 3.01. The molecule has 1 amide bonds. The molecule has 0 unspecified atom stereocenters. The summed E-state index contributed by atoms with van der Waals surface area (Å²) in [5, 5.41) is 0. The van der Waals surface area contributed by atoms with Crippen LogP contribution in [0.3, 0.4) is 0 Å². The lowest BCUT2D eigenvalue weighted by molar-refractivity contribution is 0.0644. The van der Waals surface area contributed by atoms with Gasteiger partial charge in [-0.15, -0.1) is 0 Å². The summed E-state index contributed by atoms with van der Waals surface area (Å²) >= 11 is 0. The van der Waals surface area contributed by atoms with Gasteiger partial charge in [0.1, 0.15) is 0 Å². The molecule has 0 atom stereocenters. The van der Waals surface area contributed by atoms with Gasteiger partial charge in [-0.2, -0.15) is 0 Å². The summed E-state index contributed by atoms with van der Waals surface area (Å²) in [5.41, 5.74) is 23.7. The number of rotatable bonds is 9. The number of hydrogen-bond acceptors (Lipinski definition) is 1. The highest BCUT2D eigenvalue weighted by Crippen LogP contribution is 2.18. The summed E-state index contributed by atoms with van der Waals surface area (Å²) in [6.45, 7) is 35.2. The van der Waals surface area contributed by atoms with E-state index in [1.165, 1.54) is 99.5 Å². The SMILES string of the molecule is Cc1cc(C)c(B(c2cc(B(c3c(C)cc(C)cc3C)c3c(C)cc(C)cc3C)cc(C(=O)N(C(C)C)C(C)C)c2)c2c(C)cc(C)cc2C)c(C)c1. The highest BCUT2D eigenvalue weighted by molar-refractivity contribution is 6.99. The number of carbonyl (C=O) groups is 1. The molecule has 0 saturated heterocycles. The summed E-state index contributed by atoms with van der Waals surface area (Å²) in [7, 11) is 0. The van der Waals surface area contributed by atoms with E-state index in [9.17, 15) is 4.79 Å². The van der Waals surface area contributed by atoms with Crippen LogP contribution in [0.1, 0.15) is 105 Å². The van der Waals surface area contributed by atoms with Crippen molar-refractivity contribution in [3.8, 4) is 0 Å². The standard InChI is InChI=1S/C49H61B2NO/c1-28(2)52(29(3)4)49(53)42-25-43(50(45-34(9)17-30(5)18-35(45)10)46-36(11)19-31(6)20-37(46)12)27-44(26-42)51(47-38(13)21-32(7)22-39(47)14)48-40(15)23-33(8)24-41(48)16/h17-29H,1-16H3. The van der Waals surface area contributed by atoms with E-state index in [2.05, 4.69) is 178 Å². The second-order valence-corrected chi connectivity index (χ2v) is 16.9. The Morgan fingerprint density at radius 1 is 0.396 bits per heavy atom. The highest BCUT2D eigenvalue weighted by Gasteiger charge is 2.34. The summed E-state index contributed by atoms with van der Waals surface area (Å²) in [6, 6.07) is 25.6. The molecule has 0 saturated carbocycles. The zero-order chi connectivity index (χ0) is 39.2. The first kappa shape index (κ1) is 39.9. The normalized spacial score (nSPS) is 11.4. The fraction of sp³-hybridized carbons (Fsp3) is 0.367. The van der Waals surface area contributed by atoms with Crippen molar-refractivity contribution in [3.05, 3.63) is 139 Å². The minimum atomic E-state index is -0.0599. The maximum atomic E-state index is 15.0. The van der Waals surface area contributed by atoms with Gasteiger partial charge in [0.15, 0.2) is 0 Å². The third kappa shape index (κ3) is 7.98. The van der Waals surface area contributed by atoms with E-state index in [4.69, 9.17) is 0 Å². The molecule has 0 heterocycles. The summed E-state index contributed by atoms with van der Waals surface area (Å²) in [5.74, 6) is 0.0833. The molecule has 0 spiro atoms. The molecule has 5 aromatic carbocycles. The van der Waals surface area contributed by atoms with E-state index in [0.29, 0.717) is 0 Å². The molecule has 0 N–H and O–H groups in total. The Morgan fingerprint density at radius 3 is 0.830 bits per heavy atom. The van der Waals surface area contributed by atoms with Crippen molar-refractivity contribution in [2.75, 3.05) is 0 Å².